The molecule has 116 valence electrons. The van der Waals surface area contributed by atoms with Crippen LogP contribution in [0.25, 0.3) is 0 Å². The molecular weight excluding hydrogens is 298 g/mol. The van der Waals surface area contributed by atoms with E-state index < -0.39 is 0 Å². The Bertz CT molecular complexity index is 629. The van der Waals surface area contributed by atoms with E-state index in [1.807, 2.05) is 40.6 Å². The zero-order valence-corrected chi connectivity index (χ0v) is 13.3. The zero-order chi connectivity index (χ0) is 15.4. The molecule has 0 aliphatic carbocycles. The van der Waals surface area contributed by atoms with Crippen molar-refractivity contribution in [3.63, 3.8) is 0 Å². The van der Waals surface area contributed by atoms with Crippen LogP contribution in [0, 0.1) is 0 Å². The zero-order valence-electron chi connectivity index (χ0n) is 12.5. The molecule has 1 fully saturated rings. The van der Waals surface area contributed by atoms with E-state index in [0.717, 1.165) is 30.3 Å². The molecule has 1 aliphatic heterocycles. The Morgan fingerprint density at radius 2 is 2.27 bits per heavy atom. The summed E-state index contributed by atoms with van der Waals surface area (Å²) in [5.41, 5.74) is 0.515. The summed E-state index contributed by atoms with van der Waals surface area (Å²) in [5.74, 6) is 0.838. The number of ether oxygens (including phenoxy) is 1. The molecule has 1 aliphatic rings. The monoisotopic (exact) mass is 317 g/mol. The van der Waals surface area contributed by atoms with Gasteiger partial charge in [0.15, 0.2) is 5.13 Å². The number of rotatable bonds is 5. The number of hydrogen-bond acceptors (Lipinski definition) is 5. The Kier molecular flexibility index (Phi) is 4.58. The number of para-hydroxylation sites is 1. The number of benzene rings is 1. The van der Waals surface area contributed by atoms with Gasteiger partial charge in [0.2, 0.25) is 0 Å². The third-order valence-corrected chi connectivity index (χ3v) is 4.62. The van der Waals surface area contributed by atoms with Gasteiger partial charge in [-0.25, -0.2) is 4.98 Å². The lowest BCUT2D eigenvalue weighted by atomic mass is 10.2. The van der Waals surface area contributed by atoms with E-state index in [9.17, 15) is 4.79 Å². The van der Waals surface area contributed by atoms with Crippen LogP contribution in [0.4, 0.5) is 5.13 Å². The molecule has 2 heterocycles. The van der Waals surface area contributed by atoms with Crippen LogP contribution in [-0.4, -0.2) is 42.0 Å². The molecule has 22 heavy (non-hydrogen) atoms. The highest BCUT2D eigenvalue weighted by molar-refractivity contribution is 7.13. The number of aromatic nitrogens is 1. The molecule has 0 spiro atoms. The Balaban J connectivity index is 1.63. The highest BCUT2D eigenvalue weighted by Crippen LogP contribution is 2.23. The first kappa shape index (κ1) is 14.8. The van der Waals surface area contributed by atoms with Crippen molar-refractivity contribution in [1.29, 1.82) is 0 Å². The van der Waals surface area contributed by atoms with Crippen LogP contribution in [0.3, 0.4) is 0 Å². The summed E-state index contributed by atoms with van der Waals surface area (Å²) in [5, 5.41) is 5.53. The molecule has 0 bridgehead atoms. The maximum Gasteiger partial charge on any atom is 0.273 e. The van der Waals surface area contributed by atoms with E-state index in [2.05, 4.69) is 10.3 Å². The quantitative estimate of drug-likeness (QED) is 0.921. The molecule has 0 radical (unpaired) electrons. The average molecular weight is 317 g/mol. The lowest BCUT2D eigenvalue weighted by molar-refractivity contribution is 0.0686. The van der Waals surface area contributed by atoms with Crippen molar-refractivity contribution < 1.29 is 9.53 Å². The van der Waals surface area contributed by atoms with Gasteiger partial charge in [-0.15, -0.1) is 11.3 Å². The number of anilines is 1. The molecule has 0 saturated carbocycles. The second-order valence-electron chi connectivity index (χ2n) is 5.21. The van der Waals surface area contributed by atoms with Gasteiger partial charge >= 0.3 is 0 Å². The van der Waals surface area contributed by atoms with Crippen molar-refractivity contribution in [2.75, 3.05) is 25.5 Å². The summed E-state index contributed by atoms with van der Waals surface area (Å²) < 4.78 is 5.81. The molecule has 1 aromatic heterocycles. The van der Waals surface area contributed by atoms with Gasteiger partial charge in [0.25, 0.3) is 5.91 Å². The van der Waals surface area contributed by atoms with Crippen molar-refractivity contribution in [1.82, 2.24) is 9.88 Å². The van der Waals surface area contributed by atoms with Gasteiger partial charge in [-0.3, -0.25) is 4.79 Å². The minimum atomic E-state index is -0.00286. The number of likely N-dealkylation sites (tertiary alicyclic amines) is 1. The van der Waals surface area contributed by atoms with Crippen LogP contribution in [-0.2, 0) is 0 Å². The summed E-state index contributed by atoms with van der Waals surface area (Å²) >= 11 is 1.45. The predicted molar refractivity (Wildman–Crippen MR) is 87.7 cm³/mol. The third-order valence-electron chi connectivity index (χ3n) is 3.76. The first-order valence-electron chi connectivity index (χ1n) is 7.40. The summed E-state index contributed by atoms with van der Waals surface area (Å²) in [4.78, 5) is 18.8. The second-order valence-corrected chi connectivity index (χ2v) is 6.06. The summed E-state index contributed by atoms with van der Waals surface area (Å²) in [7, 11) is 1.81. The molecule has 1 saturated heterocycles. The topological polar surface area (TPSA) is 54.5 Å². The average Bonchev–Trinajstić information content (AvgIpc) is 3.22. The first-order chi connectivity index (χ1) is 10.8. The van der Waals surface area contributed by atoms with Crippen LogP contribution in [0.1, 0.15) is 23.3 Å². The standard InChI is InChI=1S/C16H19N3O2S/c1-17-16-18-14(11-22-16)15(20)19-9-5-6-12(19)10-21-13-7-3-2-4-8-13/h2-4,7-8,11-12H,5-6,9-10H2,1H3,(H,17,18)/t12-/m1/s1. The Hall–Kier alpha value is -2.08. The van der Waals surface area contributed by atoms with Crippen molar-refractivity contribution in [2.45, 2.75) is 18.9 Å². The molecule has 2 aromatic rings. The van der Waals surface area contributed by atoms with Gasteiger partial charge in [-0.2, -0.15) is 0 Å². The van der Waals surface area contributed by atoms with Crippen LogP contribution in [0.2, 0.25) is 0 Å². The maximum absolute atomic E-state index is 12.6. The Morgan fingerprint density at radius 3 is 3.00 bits per heavy atom. The van der Waals surface area contributed by atoms with E-state index in [1.165, 1.54) is 11.3 Å². The summed E-state index contributed by atoms with van der Waals surface area (Å²) in [6.07, 6.45) is 1.99. The Morgan fingerprint density at radius 1 is 1.45 bits per heavy atom. The SMILES string of the molecule is CNc1nc(C(=O)N2CCC[C@@H]2COc2ccccc2)cs1. The van der Waals surface area contributed by atoms with Crippen molar-refractivity contribution in [3.05, 3.63) is 41.4 Å². The fraction of sp³-hybridized carbons (Fsp3) is 0.375. The lowest BCUT2D eigenvalue weighted by Gasteiger charge is -2.24. The normalized spacial score (nSPS) is 17.5. The number of thiazole rings is 1. The van der Waals surface area contributed by atoms with Gasteiger partial charge < -0.3 is 15.0 Å². The molecule has 1 aromatic carbocycles. The second kappa shape index (κ2) is 6.79. The Labute approximate surface area is 133 Å². The van der Waals surface area contributed by atoms with E-state index >= 15 is 0 Å². The maximum atomic E-state index is 12.6. The highest BCUT2D eigenvalue weighted by atomic mass is 32.1. The van der Waals surface area contributed by atoms with Gasteiger partial charge in [-0.05, 0) is 25.0 Å². The number of hydrogen-bond donors (Lipinski definition) is 1. The third kappa shape index (κ3) is 3.22. The number of nitrogens with one attached hydrogen (secondary N) is 1. The van der Waals surface area contributed by atoms with Crippen LogP contribution >= 0.6 is 11.3 Å². The molecule has 3 rings (SSSR count). The smallest absolute Gasteiger partial charge is 0.273 e. The minimum Gasteiger partial charge on any atom is -0.491 e. The molecule has 1 N–H and O–H groups in total. The fourth-order valence-corrected chi connectivity index (χ4v) is 3.27. The van der Waals surface area contributed by atoms with Gasteiger partial charge in [0.1, 0.15) is 18.1 Å². The number of carbonyl (C=O) groups excluding carboxylic acids is 1. The van der Waals surface area contributed by atoms with Crippen molar-refractivity contribution >= 4 is 22.4 Å². The van der Waals surface area contributed by atoms with Gasteiger partial charge in [-0.1, -0.05) is 18.2 Å². The van der Waals surface area contributed by atoms with E-state index in [1.54, 1.807) is 7.05 Å². The van der Waals surface area contributed by atoms with Gasteiger partial charge in [0.05, 0.1) is 6.04 Å². The largest absolute Gasteiger partial charge is 0.491 e. The van der Waals surface area contributed by atoms with Gasteiger partial charge in [0, 0.05) is 19.0 Å². The summed E-state index contributed by atoms with van der Waals surface area (Å²) in [6, 6.07) is 9.83. The van der Waals surface area contributed by atoms with E-state index in [0.29, 0.717) is 12.3 Å². The molecule has 1 atom stereocenters. The number of amides is 1. The molecule has 5 nitrogen and oxygen atoms in total. The van der Waals surface area contributed by atoms with Crippen LogP contribution in [0.15, 0.2) is 35.7 Å². The minimum absolute atomic E-state index is 0.00286. The van der Waals surface area contributed by atoms with Crippen molar-refractivity contribution in [2.24, 2.45) is 0 Å². The van der Waals surface area contributed by atoms with Crippen LogP contribution in [0.5, 0.6) is 5.75 Å². The summed E-state index contributed by atoms with van der Waals surface area (Å²) in [6.45, 7) is 1.30. The molecule has 0 unspecified atom stereocenters. The van der Waals surface area contributed by atoms with E-state index in [4.69, 9.17) is 4.74 Å². The lowest BCUT2D eigenvalue weighted by Crippen LogP contribution is -2.39. The predicted octanol–water partition coefficient (Wildman–Crippen LogP) is 2.87. The highest BCUT2D eigenvalue weighted by Gasteiger charge is 2.31. The number of nitrogens with zero attached hydrogens (tertiary/aromatic N) is 2. The first-order valence-corrected chi connectivity index (χ1v) is 8.28. The molecule has 1 amide bonds. The fourth-order valence-electron chi connectivity index (χ4n) is 2.62. The molecular formula is C16H19N3O2S. The van der Waals surface area contributed by atoms with Crippen LogP contribution < -0.4 is 10.1 Å². The van der Waals surface area contributed by atoms with E-state index in [-0.39, 0.29) is 11.9 Å². The molecule has 6 heteroatoms. The number of carbonyl (C=O) groups is 1. The van der Waals surface area contributed by atoms with Crippen molar-refractivity contribution in [3.8, 4) is 5.75 Å².